The predicted octanol–water partition coefficient (Wildman–Crippen LogP) is 4.21. The third-order valence-electron chi connectivity index (χ3n) is 5.59. The fourth-order valence-electron chi connectivity index (χ4n) is 4.25. The summed E-state index contributed by atoms with van der Waals surface area (Å²) in [6, 6.07) is 8.80. The minimum Gasteiger partial charge on any atom is -0.390 e. The molecule has 0 aromatic heterocycles. The van der Waals surface area contributed by atoms with Crippen molar-refractivity contribution in [3.8, 4) is 0 Å². The van der Waals surface area contributed by atoms with Crippen molar-refractivity contribution in [2.45, 2.75) is 75.9 Å². The molecule has 1 saturated heterocycles. The average molecular weight is 288 g/mol. The summed E-state index contributed by atoms with van der Waals surface area (Å²) in [5.41, 5.74) is 2.25. The summed E-state index contributed by atoms with van der Waals surface area (Å²) >= 11 is 0. The zero-order valence-corrected chi connectivity index (χ0v) is 13.4. The lowest BCUT2D eigenvalue weighted by atomic mass is 9.72. The van der Waals surface area contributed by atoms with Crippen molar-refractivity contribution in [3.63, 3.8) is 0 Å². The Morgan fingerprint density at radius 2 is 2.14 bits per heavy atom. The van der Waals surface area contributed by atoms with Crippen LogP contribution in [-0.2, 0) is 11.2 Å². The van der Waals surface area contributed by atoms with Crippen molar-refractivity contribution in [3.05, 3.63) is 35.4 Å². The standard InChI is InChI=1S/C19H28O2/c1-3-18(2)14-19(20,11-12-21-18)13-16-9-6-8-15-7-4-5-10-17(15)16/h4-5,7,10,16,20H,3,6,8-9,11-14H2,1-2H3. The molecule has 1 N–H and O–H groups in total. The van der Waals surface area contributed by atoms with Gasteiger partial charge in [0.1, 0.15) is 0 Å². The lowest BCUT2D eigenvalue weighted by Crippen LogP contribution is -2.48. The Labute approximate surface area is 128 Å². The maximum atomic E-state index is 11.1. The lowest BCUT2D eigenvalue weighted by molar-refractivity contribution is -0.157. The van der Waals surface area contributed by atoms with Crippen molar-refractivity contribution < 1.29 is 9.84 Å². The topological polar surface area (TPSA) is 29.5 Å². The second kappa shape index (κ2) is 5.73. The zero-order valence-electron chi connectivity index (χ0n) is 13.4. The molecular weight excluding hydrogens is 260 g/mol. The van der Waals surface area contributed by atoms with Gasteiger partial charge in [0, 0.05) is 6.42 Å². The van der Waals surface area contributed by atoms with Gasteiger partial charge in [-0.15, -0.1) is 0 Å². The molecule has 0 bridgehead atoms. The van der Waals surface area contributed by atoms with Crippen LogP contribution in [0.25, 0.3) is 0 Å². The molecule has 3 atom stereocenters. The summed E-state index contributed by atoms with van der Waals surface area (Å²) in [5.74, 6) is 0.513. The molecule has 3 rings (SSSR count). The fraction of sp³-hybridized carbons (Fsp3) is 0.684. The van der Waals surface area contributed by atoms with E-state index in [1.165, 1.54) is 30.4 Å². The fourth-order valence-corrected chi connectivity index (χ4v) is 4.25. The van der Waals surface area contributed by atoms with Crippen LogP contribution < -0.4 is 0 Å². The molecule has 21 heavy (non-hydrogen) atoms. The minimum absolute atomic E-state index is 0.152. The molecule has 1 fully saturated rings. The Hall–Kier alpha value is -0.860. The number of hydrogen-bond donors (Lipinski definition) is 1. The highest BCUT2D eigenvalue weighted by atomic mass is 16.5. The van der Waals surface area contributed by atoms with Crippen LogP contribution in [0.15, 0.2) is 24.3 Å². The van der Waals surface area contributed by atoms with Gasteiger partial charge >= 0.3 is 0 Å². The molecule has 0 saturated carbocycles. The Bertz CT molecular complexity index is 498. The van der Waals surface area contributed by atoms with Gasteiger partial charge in [-0.3, -0.25) is 0 Å². The van der Waals surface area contributed by atoms with E-state index in [4.69, 9.17) is 4.74 Å². The number of fused-ring (bicyclic) bond motifs is 1. The quantitative estimate of drug-likeness (QED) is 0.903. The number of aryl methyl sites for hydroxylation is 1. The molecule has 0 radical (unpaired) electrons. The Morgan fingerprint density at radius 1 is 1.33 bits per heavy atom. The maximum absolute atomic E-state index is 11.1. The van der Waals surface area contributed by atoms with Crippen molar-refractivity contribution in [2.24, 2.45) is 0 Å². The smallest absolute Gasteiger partial charge is 0.0702 e. The van der Waals surface area contributed by atoms with Gasteiger partial charge in [0.25, 0.3) is 0 Å². The van der Waals surface area contributed by atoms with E-state index in [1.807, 2.05) is 0 Å². The number of aliphatic hydroxyl groups is 1. The first-order chi connectivity index (χ1) is 10.0. The monoisotopic (exact) mass is 288 g/mol. The molecular formula is C19H28O2. The predicted molar refractivity (Wildman–Crippen MR) is 85.6 cm³/mol. The highest BCUT2D eigenvalue weighted by Gasteiger charge is 2.42. The van der Waals surface area contributed by atoms with Crippen molar-refractivity contribution >= 4 is 0 Å². The summed E-state index contributed by atoms with van der Waals surface area (Å²) < 4.78 is 5.91. The molecule has 3 unspecified atom stereocenters. The molecule has 1 aliphatic heterocycles. The molecule has 2 heteroatoms. The maximum Gasteiger partial charge on any atom is 0.0702 e. The van der Waals surface area contributed by atoms with E-state index in [0.717, 1.165) is 25.7 Å². The van der Waals surface area contributed by atoms with Crippen molar-refractivity contribution in [1.29, 1.82) is 0 Å². The van der Waals surface area contributed by atoms with Gasteiger partial charge in [0.15, 0.2) is 0 Å². The second-order valence-electron chi connectivity index (χ2n) is 7.30. The molecule has 0 amide bonds. The zero-order chi connectivity index (χ0) is 14.9. The van der Waals surface area contributed by atoms with E-state index in [0.29, 0.717) is 12.5 Å². The van der Waals surface area contributed by atoms with E-state index < -0.39 is 5.60 Å². The lowest BCUT2D eigenvalue weighted by Gasteiger charge is -2.45. The number of benzene rings is 1. The normalized spacial score (nSPS) is 36.2. The minimum atomic E-state index is -0.557. The number of rotatable bonds is 3. The molecule has 2 aliphatic rings. The molecule has 1 aromatic rings. The van der Waals surface area contributed by atoms with E-state index >= 15 is 0 Å². The molecule has 1 aromatic carbocycles. The van der Waals surface area contributed by atoms with Crippen LogP contribution in [0.4, 0.5) is 0 Å². The summed E-state index contributed by atoms with van der Waals surface area (Å²) in [7, 11) is 0. The second-order valence-corrected chi connectivity index (χ2v) is 7.30. The van der Waals surface area contributed by atoms with Crippen molar-refractivity contribution in [2.75, 3.05) is 6.61 Å². The summed E-state index contributed by atoms with van der Waals surface area (Å²) in [6.07, 6.45) is 7.07. The molecule has 1 aliphatic carbocycles. The first-order valence-corrected chi connectivity index (χ1v) is 8.48. The number of hydrogen-bond acceptors (Lipinski definition) is 2. The number of ether oxygens (including phenoxy) is 1. The molecule has 0 spiro atoms. The van der Waals surface area contributed by atoms with Crippen LogP contribution >= 0.6 is 0 Å². The van der Waals surface area contributed by atoms with Gasteiger partial charge in [-0.25, -0.2) is 0 Å². The summed E-state index contributed by atoms with van der Waals surface area (Å²) in [5, 5.41) is 11.1. The van der Waals surface area contributed by atoms with E-state index in [9.17, 15) is 5.11 Å². The van der Waals surface area contributed by atoms with Crippen LogP contribution in [0, 0.1) is 0 Å². The van der Waals surface area contributed by atoms with Gasteiger partial charge < -0.3 is 9.84 Å². The van der Waals surface area contributed by atoms with Crippen LogP contribution in [-0.4, -0.2) is 22.9 Å². The first-order valence-electron chi connectivity index (χ1n) is 8.48. The van der Waals surface area contributed by atoms with E-state index in [-0.39, 0.29) is 5.60 Å². The largest absolute Gasteiger partial charge is 0.390 e. The van der Waals surface area contributed by atoms with Crippen LogP contribution in [0.3, 0.4) is 0 Å². The summed E-state index contributed by atoms with van der Waals surface area (Å²) in [4.78, 5) is 0. The Balaban J connectivity index is 1.77. The van der Waals surface area contributed by atoms with E-state index in [1.54, 1.807) is 0 Å². The SMILES string of the molecule is CCC1(C)CC(O)(CC2CCCc3ccccc32)CCO1. The molecule has 2 nitrogen and oxygen atoms in total. The van der Waals surface area contributed by atoms with Gasteiger partial charge in [-0.1, -0.05) is 31.2 Å². The van der Waals surface area contributed by atoms with Gasteiger partial charge in [0.05, 0.1) is 17.8 Å². The van der Waals surface area contributed by atoms with Crippen molar-refractivity contribution in [1.82, 2.24) is 0 Å². The van der Waals surface area contributed by atoms with Crippen LogP contribution in [0.5, 0.6) is 0 Å². The highest BCUT2D eigenvalue weighted by molar-refractivity contribution is 5.33. The van der Waals surface area contributed by atoms with Crippen LogP contribution in [0.1, 0.15) is 69.4 Å². The summed E-state index contributed by atoms with van der Waals surface area (Å²) in [6.45, 7) is 4.99. The van der Waals surface area contributed by atoms with Crippen LogP contribution in [0.2, 0.25) is 0 Å². The average Bonchev–Trinajstić information content (AvgIpc) is 2.47. The Kier molecular flexibility index (Phi) is 4.11. The third kappa shape index (κ3) is 3.17. The Morgan fingerprint density at radius 3 is 2.95 bits per heavy atom. The third-order valence-corrected chi connectivity index (χ3v) is 5.59. The van der Waals surface area contributed by atoms with Gasteiger partial charge in [0.2, 0.25) is 0 Å². The first kappa shape index (κ1) is 15.1. The van der Waals surface area contributed by atoms with Gasteiger partial charge in [-0.2, -0.15) is 0 Å². The van der Waals surface area contributed by atoms with E-state index in [2.05, 4.69) is 38.1 Å². The molecule has 116 valence electrons. The highest BCUT2D eigenvalue weighted by Crippen LogP contribution is 2.43. The van der Waals surface area contributed by atoms with Gasteiger partial charge in [-0.05, 0) is 62.5 Å². The molecule has 1 heterocycles.